The Labute approximate surface area is 137 Å². The second-order valence-corrected chi connectivity index (χ2v) is 4.81. The van der Waals surface area contributed by atoms with Crippen LogP contribution in [0.25, 0.3) is 0 Å². The molecule has 0 amide bonds. The second-order valence-electron chi connectivity index (χ2n) is 4.81. The first-order chi connectivity index (χ1) is 10.2. The Morgan fingerprint density at radius 2 is 1.55 bits per heavy atom. The van der Waals surface area contributed by atoms with Gasteiger partial charge in [0.25, 0.3) is 0 Å². The van der Waals surface area contributed by atoms with E-state index in [1.165, 1.54) is 0 Å². The summed E-state index contributed by atoms with van der Waals surface area (Å²) in [5.74, 6) is 1.99. The van der Waals surface area contributed by atoms with Gasteiger partial charge in [-0.1, -0.05) is 30.3 Å². The van der Waals surface area contributed by atoms with Gasteiger partial charge in [0.15, 0.2) is 11.5 Å². The van der Waals surface area contributed by atoms with Gasteiger partial charge in [-0.2, -0.15) is 0 Å². The van der Waals surface area contributed by atoms with Crippen LogP contribution in [0.3, 0.4) is 0 Å². The van der Waals surface area contributed by atoms with Gasteiger partial charge in [-0.3, -0.25) is 0 Å². The highest BCUT2D eigenvalue weighted by atomic mass is 35.5. The maximum Gasteiger partial charge on any atom is 0.164 e. The van der Waals surface area contributed by atoms with E-state index in [2.05, 4.69) is 0 Å². The number of halogens is 1. The fourth-order valence-electron chi connectivity index (χ4n) is 2.09. The molecule has 2 N–H and O–H groups in total. The fraction of sp³-hybridized carbons (Fsp3) is 0.294. The molecule has 2 aromatic rings. The maximum atomic E-state index is 6.02. The monoisotopic (exact) mass is 323 g/mol. The quantitative estimate of drug-likeness (QED) is 0.880. The van der Waals surface area contributed by atoms with Crippen LogP contribution in [0.5, 0.6) is 17.2 Å². The first-order valence-electron chi connectivity index (χ1n) is 6.84. The molecule has 2 aromatic carbocycles. The maximum absolute atomic E-state index is 6.02. The number of methoxy groups -OCH3 is 2. The Morgan fingerprint density at radius 3 is 2.09 bits per heavy atom. The van der Waals surface area contributed by atoms with E-state index in [4.69, 9.17) is 19.9 Å². The molecule has 22 heavy (non-hydrogen) atoms. The van der Waals surface area contributed by atoms with E-state index in [9.17, 15) is 0 Å². The average molecular weight is 324 g/mol. The van der Waals surface area contributed by atoms with Crippen LogP contribution >= 0.6 is 12.4 Å². The summed E-state index contributed by atoms with van der Waals surface area (Å²) in [6.45, 7) is 2.40. The molecule has 0 unspecified atom stereocenters. The molecule has 120 valence electrons. The van der Waals surface area contributed by atoms with E-state index in [1.807, 2.05) is 49.4 Å². The standard InChI is InChI=1S/C17H21NO3.ClH/c1-12(18)14-9-16(19-2)17(20-3)10-15(14)21-11-13-7-5-4-6-8-13;/h4-10,12H,11,18H2,1-3H3;1H/t12-;/m1./s1. The van der Waals surface area contributed by atoms with Gasteiger partial charge in [-0.25, -0.2) is 0 Å². The molecule has 4 nitrogen and oxygen atoms in total. The lowest BCUT2D eigenvalue weighted by molar-refractivity contribution is 0.295. The lowest BCUT2D eigenvalue weighted by Gasteiger charge is -2.17. The molecular weight excluding hydrogens is 302 g/mol. The summed E-state index contributed by atoms with van der Waals surface area (Å²) >= 11 is 0. The normalized spacial score (nSPS) is 11.3. The molecule has 5 heteroatoms. The molecule has 0 aliphatic rings. The zero-order valence-electron chi connectivity index (χ0n) is 13.0. The van der Waals surface area contributed by atoms with Gasteiger partial charge >= 0.3 is 0 Å². The third-order valence-corrected chi connectivity index (χ3v) is 3.24. The van der Waals surface area contributed by atoms with Crippen molar-refractivity contribution in [3.63, 3.8) is 0 Å². The van der Waals surface area contributed by atoms with Crippen molar-refractivity contribution in [1.82, 2.24) is 0 Å². The van der Waals surface area contributed by atoms with Crippen LogP contribution in [0.15, 0.2) is 42.5 Å². The molecule has 0 heterocycles. The minimum atomic E-state index is -0.157. The van der Waals surface area contributed by atoms with Gasteiger partial charge in [0.2, 0.25) is 0 Å². The zero-order chi connectivity index (χ0) is 15.2. The summed E-state index contributed by atoms with van der Waals surface area (Å²) in [6.07, 6.45) is 0. The van der Waals surface area contributed by atoms with Crippen molar-refractivity contribution in [3.05, 3.63) is 53.6 Å². The minimum absolute atomic E-state index is 0. The first-order valence-corrected chi connectivity index (χ1v) is 6.84. The Kier molecular flexibility index (Phi) is 7.02. The van der Waals surface area contributed by atoms with Crippen LogP contribution in [0, 0.1) is 0 Å². The third kappa shape index (κ3) is 4.29. The number of rotatable bonds is 6. The topological polar surface area (TPSA) is 53.7 Å². The van der Waals surface area contributed by atoms with Crippen LogP contribution in [0.2, 0.25) is 0 Å². The molecule has 0 spiro atoms. The van der Waals surface area contributed by atoms with Gasteiger partial charge < -0.3 is 19.9 Å². The second kappa shape index (κ2) is 8.51. The number of nitrogens with two attached hydrogens (primary N) is 1. The summed E-state index contributed by atoms with van der Waals surface area (Å²) in [7, 11) is 3.21. The molecule has 0 saturated carbocycles. The molecule has 0 radical (unpaired) electrons. The van der Waals surface area contributed by atoms with Gasteiger partial charge in [0.05, 0.1) is 14.2 Å². The number of hydrogen-bond acceptors (Lipinski definition) is 4. The Hall–Kier alpha value is -1.91. The summed E-state index contributed by atoms with van der Waals surface area (Å²) in [5.41, 5.74) is 8.01. The lowest BCUT2D eigenvalue weighted by atomic mass is 10.1. The summed E-state index contributed by atoms with van der Waals surface area (Å²) in [4.78, 5) is 0. The van der Waals surface area contributed by atoms with E-state index < -0.39 is 0 Å². The molecule has 0 aliphatic heterocycles. The van der Waals surface area contributed by atoms with Crippen LogP contribution < -0.4 is 19.9 Å². The molecule has 2 rings (SSSR count). The first kappa shape index (κ1) is 18.1. The SMILES string of the molecule is COc1cc(OCc2ccccc2)c([C@@H](C)N)cc1OC.Cl. The van der Waals surface area contributed by atoms with E-state index >= 15 is 0 Å². The molecule has 1 atom stereocenters. The molecule has 0 aromatic heterocycles. The summed E-state index contributed by atoms with van der Waals surface area (Å²) in [6, 6.07) is 13.5. The van der Waals surface area contributed by atoms with Gasteiger partial charge in [0, 0.05) is 17.7 Å². The molecule has 0 bridgehead atoms. The predicted molar refractivity (Wildman–Crippen MR) is 90.2 cm³/mol. The van der Waals surface area contributed by atoms with Crippen LogP contribution in [-0.4, -0.2) is 14.2 Å². The molecule has 0 aliphatic carbocycles. The van der Waals surface area contributed by atoms with E-state index in [-0.39, 0.29) is 18.4 Å². The van der Waals surface area contributed by atoms with Crippen LogP contribution in [-0.2, 0) is 6.61 Å². The van der Waals surface area contributed by atoms with Gasteiger partial charge in [-0.15, -0.1) is 12.4 Å². The van der Waals surface area contributed by atoms with E-state index in [1.54, 1.807) is 14.2 Å². The van der Waals surface area contributed by atoms with Crippen molar-refractivity contribution >= 4 is 12.4 Å². The molecular formula is C17H22ClNO3. The van der Waals surface area contributed by atoms with E-state index in [0.717, 1.165) is 11.1 Å². The van der Waals surface area contributed by atoms with Crippen molar-refractivity contribution in [2.24, 2.45) is 5.73 Å². The minimum Gasteiger partial charge on any atom is -0.493 e. The van der Waals surface area contributed by atoms with Crippen molar-refractivity contribution < 1.29 is 14.2 Å². The van der Waals surface area contributed by atoms with Crippen LogP contribution in [0.1, 0.15) is 24.1 Å². The summed E-state index contributed by atoms with van der Waals surface area (Å²) < 4.78 is 16.5. The average Bonchev–Trinajstić information content (AvgIpc) is 2.52. The van der Waals surface area contributed by atoms with Crippen molar-refractivity contribution in [2.75, 3.05) is 14.2 Å². The largest absolute Gasteiger partial charge is 0.493 e. The van der Waals surface area contributed by atoms with Crippen molar-refractivity contribution in [3.8, 4) is 17.2 Å². The van der Waals surface area contributed by atoms with Gasteiger partial charge in [-0.05, 0) is 18.6 Å². The fourth-order valence-corrected chi connectivity index (χ4v) is 2.09. The predicted octanol–water partition coefficient (Wildman–Crippen LogP) is 3.72. The lowest BCUT2D eigenvalue weighted by Crippen LogP contribution is -2.09. The highest BCUT2D eigenvalue weighted by molar-refractivity contribution is 5.85. The van der Waals surface area contributed by atoms with Crippen molar-refractivity contribution in [1.29, 1.82) is 0 Å². The Balaban J connectivity index is 0.00000242. The Bertz CT molecular complexity index is 588. The van der Waals surface area contributed by atoms with Gasteiger partial charge in [0.1, 0.15) is 12.4 Å². The van der Waals surface area contributed by atoms with Crippen molar-refractivity contribution in [2.45, 2.75) is 19.6 Å². The van der Waals surface area contributed by atoms with Crippen LogP contribution in [0.4, 0.5) is 0 Å². The number of benzene rings is 2. The summed E-state index contributed by atoms with van der Waals surface area (Å²) in [5, 5.41) is 0. The molecule has 0 fully saturated rings. The smallest absolute Gasteiger partial charge is 0.164 e. The Morgan fingerprint density at radius 1 is 0.955 bits per heavy atom. The zero-order valence-corrected chi connectivity index (χ0v) is 13.9. The number of ether oxygens (including phenoxy) is 3. The number of hydrogen-bond donors (Lipinski definition) is 1. The van der Waals surface area contributed by atoms with E-state index in [0.29, 0.717) is 23.9 Å². The third-order valence-electron chi connectivity index (χ3n) is 3.24. The highest BCUT2D eigenvalue weighted by Gasteiger charge is 2.15. The molecule has 0 saturated heterocycles. The highest BCUT2D eigenvalue weighted by Crippen LogP contribution is 2.37.